The average Bonchev–Trinajstić information content (AvgIpc) is 0.919. The summed E-state index contributed by atoms with van der Waals surface area (Å²) in [6, 6.07) is 39.4. The fourth-order valence-corrected chi connectivity index (χ4v) is 17.6. The number of aryl methyl sites for hydroxylation is 1. The molecule has 1 atom stereocenters. The van der Waals surface area contributed by atoms with Crippen LogP contribution in [0.2, 0.25) is 5.02 Å². The number of imide groups is 1. The standard InChI is InChI=1S/C24H19ClF3NO3.C24H28O2.2C20H28O2.C15H21NO3.C13H13N3O3/c1-2-23(31)22-14-19(9-10-29-22)32-18-6-3-15(4-7-18)11-17(30)12-16-5-8-21(25)20(13-16)24(26,27)28;1-15-13-20-21(24(5,6)12-11-23(20,3)4)14-19(15)16(2)17-7-9-18(10-8-17)22(25)26;2*1-15(8-6-9-16(2)14-19(21)22)11-12-18-17(3)10-7-13-20(18,4)5;17-14(12-13-8-4-3-5-9-13)10-6-1-2-7-11-15(18)16-19;14-9-3-1-2-7-8(9)6-16(13(7)19)10-4-5-11(17)15-12(10)18/h3-10,13-14H,2,11-12H2,1H3;7-10,13-14H,2,11-12H2,1,3-6H3,(H,25,26);2*6,8-9,11-12,14H,7,10,13H2,1-5H3,(H,21,22);3-5,8-9,19H,1-2,6-7,10-12H2,(H,16,18);1-3,10H,4-6,14H2,(H,15,17,18)/b;;9-6+,12-11+,15-8+,16-14+;9-6+,12-11+,15-8+,16-14-;;. The third-order valence-electron chi connectivity index (χ3n) is 25.5. The molecule has 8 N–H and O–H groups in total. The van der Waals surface area contributed by atoms with E-state index in [4.69, 9.17) is 42.6 Å². The molecule has 3 aliphatic carbocycles. The molecule has 1 unspecified atom stereocenters. The van der Waals surface area contributed by atoms with Crippen LogP contribution < -0.4 is 21.3 Å². The highest BCUT2D eigenvalue weighted by molar-refractivity contribution is 6.31. The van der Waals surface area contributed by atoms with E-state index in [1.54, 1.807) is 105 Å². The Morgan fingerprint density at radius 2 is 1.11 bits per heavy atom. The molecular weight excluding hydrogens is 1800 g/mol. The topological polar surface area (TPSA) is 327 Å². The molecule has 0 bridgehead atoms. The van der Waals surface area contributed by atoms with E-state index < -0.39 is 46.6 Å². The Kier molecular flexibility index (Phi) is 43.2. The molecule has 1 fully saturated rings. The van der Waals surface area contributed by atoms with E-state index in [9.17, 15) is 61.1 Å². The number of benzene rings is 6. The van der Waals surface area contributed by atoms with E-state index in [-0.39, 0.29) is 81.6 Å². The van der Waals surface area contributed by atoms with Gasteiger partial charge in [0.1, 0.15) is 34.8 Å². The maximum Gasteiger partial charge on any atom is 0.417 e. The highest BCUT2D eigenvalue weighted by Crippen LogP contribution is 2.49. The van der Waals surface area contributed by atoms with Crippen LogP contribution in [0.3, 0.4) is 0 Å². The predicted molar refractivity (Wildman–Crippen MR) is 549 cm³/mol. The number of Topliss-reactive ketones (excluding diaryl/α,β-unsaturated/α-hetero) is 3. The number of carbonyl (C=O) groups is 10. The first-order valence-electron chi connectivity index (χ1n) is 47.5. The minimum Gasteiger partial charge on any atom is -0.478 e. The number of ketones is 3. The lowest BCUT2D eigenvalue weighted by Crippen LogP contribution is -2.52. The highest BCUT2D eigenvalue weighted by Gasteiger charge is 2.41. The van der Waals surface area contributed by atoms with Crippen LogP contribution in [0, 0.1) is 17.8 Å². The molecular formula is C116H137ClF3N5O15. The van der Waals surface area contributed by atoms with Gasteiger partial charge in [0.05, 0.1) is 16.1 Å². The molecule has 1 aromatic heterocycles. The fraction of sp³-hybridized carbons (Fsp3) is 0.371. The largest absolute Gasteiger partial charge is 0.478 e. The van der Waals surface area contributed by atoms with Crippen molar-refractivity contribution in [1.82, 2.24) is 20.7 Å². The van der Waals surface area contributed by atoms with Gasteiger partial charge < -0.3 is 30.7 Å². The zero-order chi connectivity index (χ0) is 104. The Morgan fingerprint density at radius 1 is 0.593 bits per heavy atom. The molecule has 140 heavy (non-hydrogen) atoms. The van der Waals surface area contributed by atoms with E-state index in [1.165, 1.54) is 120 Å². The van der Waals surface area contributed by atoms with E-state index >= 15 is 0 Å². The van der Waals surface area contributed by atoms with E-state index in [0.717, 1.165) is 87.9 Å². The van der Waals surface area contributed by atoms with Gasteiger partial charge in [0, 0.05) is 92.7 Å². The summed E-state index contributed by atoms with van der Waals surface area (Å²) >= 11 is 5.61. The van der Waals surface area contributed by atoms with Gasteiger partial charge in [-0.2, -0.15) is 13.2 Å². The van der Waals surface area contributed by atoms with Crippen molar-refractivity contribution in [1.29, 1.82) is 0 Å². The summed E-state index contributed by atoms with van der Waals surface area (Å²) in [6.07, 6.45) is 35.1. The van der Waals surface area contributed by atoms with Crippen LogP contribution in [0.4, 0.5) is 18.9 Å². The minimum atomic E-state index is -4.58. The Balaban J connectivity index is 0.000000231. The Bertz CT molecular complexity index is 5870. The van der Waals surface area contributed by atoms with Crippen molar-refractivity contribution < 1.29 is 86.4 Å². The molecule has 12 rings (SSSR count). The number of aromatic nitrogens is 1. The van der Waals surface area contributed by atoms with Crippen molar-refractivity contribution in [2.24, 2.45) is 10.8 Å². The zero-order valence-corrected chi connectivity index (χ0v) is 84.4. The van der Waals surface area contributed by atoms with E-state index in [2.05, 4.69) is 143 Å². The lowest BCUT2D eigenvalue weighted by molar-refractivity contribution is -0.138. The summed E-state index contributed by atoms with van der Waals surface area (Å²) in [5.74, 6) is -3.06. The van der Waals surface area contributed by atoms with Crippen LogP contribution in [0.15, 0.2) is 270 Å². The number of hydrogen-bond acceptors (Lipinski definition) is 14. The lowest BCUT2D eigenvalue weighted by Gasteiger charge is -2.42. The zero-order valence-electron chi connectivity index (χ0n) is 83.7. The van der Waals surface area contributed by atoms with Gasteiger partial charge in [-0.05, 0) is 268 Å². The normalized spacial score (nSPS) is 16.6. The number of carbonyl (C=O) groups excluding carboxylic acids is 7. The van der Waals surface area contributed by atoms with Gasteiger partial charge in [0.15, 0.2) is 5.78 Å². The number of hydroxylamine groups is 1. The molecule has 3 heterocycles. The van der Waals surface area contributed by atoms with Gasteiger partial charge >= 0.3 is 24.1 Å². The number of aliphatic carboxylic acids is 2. The molecule has 744 valence electrons. The molecule has 0 spiro atoms. The number of amides is 4. The van der Waals surface area contributed by atoms with Crippen LogP contribution in [0.5, 0.6) is 11.5 Å². The number of allylic oxidation sites excluding steroid dienone is 18. The molecule has 24 heteroatoms. The van der Waals surface area contributed by atoms with Crippen LogP contribution in [0.1, 0.15) is 300 Å². The molecule has 5 aliphatic rings. The number of nitrogens with one attached hydrogen (secondary N) is 2. The maximum absolute atomic E-state index is 13.0. The van der Waals surface area contributed by atoms with Crippen LogP contribution in [-0.4, -0.2) is 95.3 Å². The second-order valence-electron chi connectivity index (χ2n) is 38.9. The van der Waals surface area contributed by atoms with Gasteiger partial charge in [-0.1, -0.05) is 255 Å². The number of alkyl halides is 3. The quantitative estimate of drug-likeness (QED) is 0.00310. The maximum atomic E-state index is 13.0. The number of anilines is 1. The summed E-state index contributed by atoms with van der Waals surface area (Å²) in [5, 5.41) is 36.6. The Hall–Kier alpha value is -13.3. The second-order valence-corrected chi connectivity index (χ2v) is 39.3. The number of halogens is 4. The van der Waals surface area contributed by atoms with Crippen molar-refractivity contribution in [3.05, 3.63) is 347 Å². The highest BCUT2D eigenvalue weighted by atomic mass is 35.5. The molecule has 1 saturated heterocycles. The van der Waals surface area contributed by atoms with Gasteiger partial charge in [0.2, 0.25) is 17.7 Å². The van der Waals surface area contributed by atoms with Crippen LogP contribution >= 0.6 is 11.6 Å². The summed E-state index contributed by atoms with van der Waals surface area (Å²) in [7, 11) is 0. The smallest absolute Gasteiger partial charge is 0.417 e. The number of ether oxygens (including phenoxy) is 1. The molecule has 0 saturated carbocycles. The average molecular weight is 1930 g/mol. The summed E-state index contributed by atoms with van der Waals surface area (Å²) in [4.78, 5) is 119. The number of nitrogens with two attached hydrogens (primary N) is 1. The molecule has 7 aromatic rings. The van der Waals surface area contributed by atoms with Crippen molar-refractivity contribution in [3.8, 4) is 11.5 Å². The Labute approximate surface area is 828 Å². The van der Waals surface area contributed by atoms with E-state index in [1.807, 2.05) is 66.8 Å². The van der Waals surface area contributed by atoms with Crippen LogP contribution in [0.25, 0.3) is 5.57 Å². The summed E-state index contributed by atoms with van der Waals surface area (Å²) in [6.45, 7) is 39.3. The van der Waals surface area contributed by atoms with Gasteiger partial charge in [0.25, 0.3) is 5.91 Å². The first kappa shape index (κ1) is 114. The number of fused-ring (bicyclic) bond motifs is 2. The number of aromatic carboxylic acids is 1. The number of unbranched alkanes of at least 4 members (excludes halogenated alkanes) is 3. The third-order valence-corrected chi connectivity index (χ3v) is 25.8. The molecule has 2 aliphatic heterocycles. The SMILES string of the molecule is C=C(c1ccc(C(=O)O)cc1)c1cc2c(cc1C)C(C)(C)CCC2(C)C.CC1=C(/C=C/C(C)=C/C=C/C(C)=C/C(=O)O)C(C)(C)CCC1.CC1=C(/C=C/C(C)=C/C=C/C(C)=C\C(=O)O)C(C)(C)CCC1.CCC(=O)c1cc(Oc2ccc(CC(=O)Cc3ccc(Cl)c(C(F)(F)F)c3)cc2)ccn1.Nc1cccc2c1CN(C1CCC(=O)NC1=O)C2=O.O=C(CCCCCCC(=O)NO)Cc1ccccc1. The van der Waals surface area contributed by atoms with Crippen molar-refractivity contribution in [2.45, 2.75) is 269 Å². The number of rotatable bonds is 31. The molecule has 4 amide bonds. The number of carboxylic acid groups (broad SMARTS) is 3. The van der Waals surface area contributed by atoms with Gasteiger partial charge in [-0.3, -0.25) is 49.1 Å². The summed E-state index contributed by atoms with van der Waals surface area (Å²) < 4.78 is 44.7. The number of piperidine rings is 1. The molecule has 6 aromatic carbocycles. The van der Waals surface area contributed by atoms with E-state index in [0.29, 0.717) is 78.2 Å². The number of nitrogens with zero attached hydrogens (tertiary/aromatic N) is 2. The monoisotopic (exact) mass is 1930 g/mol. The van der Waals surface area contributed by atoms with Crippen molar-refractivity contribution in [3.63, 3.8) is 0 Å². The second kappa shape index (κ2) is 53.2. The number of pyridine rings is 1. The minimum absolute atomic E-state index is 0.0642. The lowest BCUT2D eigenvalue weighted by atomic mass is 9.62. The number of hydrogen-bond donors (Lipinski definition) is 7. The predicted octanol–water partition coefficient (Wildman–Crippen LogP) is 26.5. The van der Waals surface area contributed by atoms with Crippen molar-refractivity contribution in [2.75, 3.05) is 5.73 Å². The third kappa shape index (κ3) is 35.9. The number of carboxylic acids is 3. The fourth-order valence-electron chi connectivity index (χ4n) is 17.3. The first-order chi connectivity index (χ1) is 65.9. The first-order valence-corrected chi connectivity index (χ1v) is 47.9. The van der Waals surface area contributed by atoms with Crippen LogP contribution in [-0.2, 0) is 76.4 Å². The molecule has 0 radical (unpaired) electrons. The molecule has 20 nitrogen and oxygen atoms in total. The Morgan fingerprint density at radius 3 is 1.63 bits per heavy atom. The van der Waals surface area contributed by atoms with Gasteiger partial charge in [-0.15, -0.1) is 0 Å². The van der Waals surface area contributed by atoms with Gasteiger partial charge in [-0.25, -0.2) is 19.9 Å². The summed E-state index contributed by atoms with van der Waals surface area (Å²) in [5.41, 5.74) is 28.7. The number of nitrogen functional groups attached to an aromatic ring is 1. The van der Waals surface area contributed by atoms with Crippen molar-refractivity contribution >= 4 is 81.7 Å².